The number of para-hydroxylation sites is 2. The molecule has 0 fully saturated rings. The first-order chi connectivity index (χ1) is 11.7. The average Bonchev–Trinajstić information content (AvgIpc) is 2.61. The second kappa shape index (κ2) is 7.64. The second-order valence-corrected chi connectivity index (χ2v) is 5.85. The van der Waals surface area contributed by atoms with Crippen LogP contribution in [0.3, 0.4) is 0 Å². The topological polar surface area (TPSA) is 49.0 Å². The van der Waals surface area contributed by atoms with Gasteiger partial charge >= 0.3 is 0 Å². The standard InChI is InChI=1S/C18H20ClNO4/c1-21-17-8-12(7-14(19)18(17)22-2)9-20-10-13-11-23-15-5-3-4-6-16(15)24-13/h3-8,13,20H,9-11H2,1-2H3. The van der Waals surface area contributed by atoms with E-state index in [1.807, 2.05) is 36.4 Å². The van der Waals surface area contributed by atoms with E-state index in [9.17, 15) is 0 Å². The lowest BCUT2D eigenvalue weighted by atomic mass is 10.2. The summed E-state index contributed by atoms with van der Waals surface area (Å²) < 4.78 is 22.2. The van der Waals surface area contributed by atoms with E-state index in [-0.39, 0.29) is 6.10 Å². The molecule has 1 aliphatic rings. The molecule has 1 N–H and O–H groups in total. The van der Waals surface area contributed by atoms with Crippen LogP contribution in [0.5, 0.6) is 23.0 Å². The molecular weight excluding hydrogens is 330 g/mol. The number of hydrogen-bond donors (Lipinski definition) is 1. The molecule has 24 heavy (non-hydrogen) atoms. The first-order valence-corrected chi connectivity index (χ1v) is 8.08. The van der Waals surface area contributed by atoms with Crippen LogP contribution in [0.15, 0.2) is 36.4 Å². The fraction of sp³-hybridized carbons (Fsp3) is 0.333. The number of hydrogen-bond acceptors (Lipinski definition) is 5. The quantitative estimate of drug-likeness (QED) is 0.867. The van der Waals surface area contributed by atoms with E-state index >= 15 is 0 Å². The van der Waals surface area contributed by atoms with Gasteiger partial charge in [-0.15, -0.1) is 0 Å². The van der Waals surface area contributed by atoms with E-state index in [2.05, 4.69) is 5.32 Å². The van der Waals surface area contributed by atoms with Crippen molar-refractivity contribution in [2.75, 3.05) is 27.4 Å². The molecule has 3 rings (SSSR count). The molecule has 0 saturated heterocycles. The molecule has 2 aromatic rings. The van der Waals surface area contributed by atoms with Crippen molar-refractivity contribution in [1.82, 2.24) is 5.32 Å². The van der Waals surface area contributed by atoms with Crippen LogP contribution in [0.2, 0.25) is 5.02 Å². The molecule has 0 radical (unpaired) electrons. The van der Waals surface area contributed by atoms with Gasteiger partial charge in [-0.2, -0.15) is 0 Å². The minimum Gasteiger partial charge on any atom is -0.493 e. The molecule has 0 spiro atoms. The Morgan fingerprint density at radius 3 is 2.71 bits per heavy atom. The lowest BCUT2D eigenvalue weighted by Gasteiger charge is -2.26. The van der Waals surface area contributed by atoms with Crippen LogP contribution in [0.1, 0.15) is 5.56 Å². The van der Waals surface area contributed by atoms with Gasteiger partial charge in [0.05, 0.1) is 19.2 Å². The van der Waals surface area contributed by atoms with Crippen molar-refractivity contribution in [3.63, 3.8) is 0 Å². The van der Waals surface area contributed by atoms with Gasteiger partial charge in [0.1, 0.15) is 12.7 Å². The third kappa shape index (κ3) is 3.68. The molecule has 1 atom stereocenters. The molecule has 1 unspecified atom stereocenters. The smallest absolute Gasteiger partial charge is 0.179 e. The zero-order valence-electron chi connectivity index (χ0n) is 13.7. The fourth-order valence-corrected chi connectivity index (χ4v) is 2.92. The lowest BCUT2D eigenvalue weighted by Crippen LogP contribution is -2.38. The van der Waals surface area contributed by atoms with Gasteiger partial charge in [-0.25, -0.2) is 0 Å². The maximum atomic E-state index is 6.22. The highest BCUT2D eigenvalue weighted by molar-refractivity contribution is 6.32. The minimum atomic E-state index is -0.0319. The average molecular weight is 350 g/mol. The maximum Gasteiger partial charge on any atom is 0.179 e. The van der Waals surface area contributed by atoms with Crippen LogP contribution < -0.4 is 24.3 Å². The zero-order valence-corrected chi connectivity index (χ0v) is 14.4. The van der Waals surface area contributed by atoms with E-state index in [1.54, 1.807) is 14.2 Å². The normalized spacial score (nSPS) is 15.9. The van der Waals surface area contributed by atoms with Gasteiger partial charge in [0.2, 0.25) is 0 Å². The Labute approximate surface area is 146 Å². The van der Waals surface area contributed by atoms with Gasteiger partial charge in [-0.05, 0) is 29.8 Å². The van der Waals surface area contributed by atoms with Crippen molar-refractivity contribution in [3.8, 4) is 23.0 Å². The van der Waals surface area contributed by atoms with E-state index in [4.69, 9.17) is 30.5 Å². The van der Waals surface area contributed by atoms with E-state index in [0.29, 0.717) is 36.2 Å². The molecule has 1 aliphatic heterocycles. The first-order valence-electron chi connectivity index (χ1n) is 7.71. The summed E-state index contributed by atoms with van der Waals surface area (Å²) in [4.78, 5) is 0. The molecule has 6 heteroatoms. The fourth-order valence-electron chi connectivity index (χ4n) is 2.61. The van der Waals surface area contributed by atoms with Crippen LogP contribution in [0.25, 0.3) is 0 Å². The minimum absolute atomic E-state index is 0.0319. The third-order valence-electron chi connectivity index (χ3n) is 3.76. The largest absolute Gasteiger partial charge is 0.493 e. The van der Waals surface area contributed by atoms with Gasteiger partial charge in [0.15, 0.2) is 23.0 Å². The number of methoxy groups -OCH3 is 2. The van der Waals surface area contributed by atoms with Gasteiger partial charge in [0.25, 0.3) is 0 Å². The monoisotopic (exact) mass is 349 g/mol. The van der Waals surface area contributed by atoms with E-state index < -0.39 is 0 Å². The number of benzene rings is 2. The highest BCUT2D eigenvalue weighted by Gasteiger charge is 2.20. The molecule has 2 aromatic carbocycles. The molecule has 0 bridgehead atoms. The highest BCUT2D eigenvalue weighted by Crippen LogP contribution is 2.36. The van der Waals surface area contributed by atoms with Crippen molar-refractivity contribution < 1.29 is 18.9 Å². The molecular formula is C18H20ClNO4. The van der Waals surface area contributed by atoms with Crippen molar-refractivity contribution in [1.29, 1.82) is 0 Å². The number of rotatable bonds is 6. The van der Waals surface area contributed by atoms with Gasteiger partial charge in [-0.1, -0.05) is 23.7 Å². The van der Waals surface area contributed by atoms with Gasteiger partial charge < -0.3 is 24.3 Å². The van der Waals surface area contributed by atoms with Crippen LogP contribution in [-0.4, -0.2) is 33.5 Å². The summed E-state index contributed by atoms with van der Waals surface area (Å²) in [7, 11) is 3.16. The van der Waals surface area contributed by atoms with Crippen molar-refractivity contribution in [3.05, 3.63) is 47.0 Å². The molecule has 0 aliphatic carbocycles. The summed E-state index contributed by atoms with van der Waals surface area (Å²) in [5.74, 6) is 2.74. The zero-order chi connectivity index (χ0) is 16.9. The summed E-state index contributed by atoms with van der Waals surface area (Å²) in [5, 5.41) is 3.89. The summed E-state index contributed by atoms with van der Waals surface area (Å²) >= 11 is 6.22. The van der Waals surface area contributed by atoms with Crippen molar-refractivity contribution in [2.45, 2.75) is 12.6 Å². The van der Waals surface area contributed by atoms with Crippen LogP contribution in [0, 0.1) is 0 Å². The Balaban J connectivity index is 1.57. The Hall–Kier alpha value is -2.11. The Bertz CT molecular complexity index is 707. The highest BCUT2D eigenvalue weighted by atomic mass is 35.5. The SMILES string of the molecule is COc1cc(CNCC2COc3ccccc3O2)cc(Cl)c1OC. The maximum absolute atomic E-state index is 6.22. The number of fused-ring (bicyclic) bond motifs is 1. The summed E-state index contributed by atoms with van der Waals surface area (Å²) in [6.45, 7) is 1.83. The summed E-state index contributed by atoms with van der Waals surface area (Å²) in [6.07, 6.45) is -0.0319. The Morgan fingerprint density at radius 1 is 1.17 bits per heavy atom. The van der Waals surface area contributed by atoms with Gasteiger partial charge in [-0.3, -0.25) is 0 Å². The molecule has 5 nitrogen and oxygen atoms in total. The van der Waals surface area contributed by atoms with Crippen LogP contribution in [0.4, 0.5) is 0 Å². The lowest BCUT2D eigenvalue weighted by molar-refractivity contribution is 0.0902. The molecule has 0 amide bonds. The summed E-state index contributed by atoms with van der Waals surface area (Å²) in [6, 6.07) is 11.5. The predicted molar refractivity (Wildman–Crippen MR) is 92.6 cm³/mol. The molecule has 128 valence electrons. The molecule has 0 saturated carbocycles. The third-order valence-corrected chi connectivity index (χ3v) is 4.04. The predicted octanol–water partition coefficient (Wildman–Crippen LogP) is 3.29. The number of nitrogens with one attached hydrogen (secondary N) is 1. The molecule has 1 heterocycles. The Morgan fingerprint density at radius 2 is 1.96 bits per heavy atom. The van der Waals surface area contributed by atoms with E-state index in [1.165, 1.54) is 0 Å². The number of ether oxygens (including phenoxy) is 4. The molecule has 0 aromatic heterocycles. The Kier molecular flexibility index (Phi) is 5.33. The second-order valence-electron chi connectivity index (χ2n) is 5.44. The van der Waals surface area contributed by atoms with Crippen molar-refractivity contribution >= 4 is 11.6 Å². The van der Waals surface area contributed by atoms with Gasteiger partial charge in [0, 0.05) is 13.1 Å². The van der Waals surface area contributed by atoms with Crippen LogP contribution in [-0.2, 0) is 6.54 Å². The van der Waals surface area contributed by atoms with Crippen molar-refractivity contribution in [2.24, 2.45) is 0 Å². The van der Waals surface area contributed by atoms with E-state index in [0.717, 1.165) is 17.1 Å². The summed E-state index contributed by atoms with van der Waals surface area (Å²) in [5.41, 5.74) is 1.01. The first kappa shape index (κ1) is 16.7. The van der Waals surface area contributed by atoms with Crippen LogP contribution >= 0.6 is 11.6 Å². The number of halogens is 1.